The number of anilines is 1. The summed E-state index contributed by atoms with van der Waals surface area (Å²) in [6.45, 7) is 6.34. The van der Waals surface area contributed by atoms with Crippen LogP contribution in [0, 0.1) is 0 Å². The largest absolute Gasteiger partial charge is 0.497 e. The van der Waals surface area contributed by atoms with Crippen molar-refractivity contribution in [2.75, 3.05) is 65.3 Å². The van der Waals surface area contributed by atoms with Crippen molar-refractivity contribution in [1.82, 2.24) is 13.5 Å². The average Bonchev–Trinajstić information content (AvgIpc) is 2.73. The molecule has 1 aromatic rings. The molecule has 1 aromatic carbocycles. The SMILES string of the molecule is COc1cc(NC(=O)CN2CCN(S(=O)(=O)N3CC(C)OC(C)C3)CC2)cc(OC)c1. The molecule has 0 saturated carbocycles. The van der Waals surface area contributed by atoms with E-state index in [1.54, 1.807) is 32.4 Å². The van der Waals surface area contributed by atoms with E-state index in [2.05, 4.69) is 5.32 Å². The minimum atomic E-state index is -3.54. The molecule has 11 heteroatoms. The molecule has 2 unspecified atom stereocenters. The van der Waals surface area contributed by atoms with Gasteiger partial charge in [0.25, 0.3) is 10.2 Å². The molecule has 0 spiro atoms. The first-order valence-corrected chi connectivity index (χ1v) is 11.8. The lowest BCUT2D eigenvalue weighted by Gasteiger charge is -2.40. The molecule has 0 bridgehead atoms. The van der Waals surface area contributed by atoms with E-state index >= 15 is 0 Å². The monoisotopic (exact) mass is 456 g/mol. The molecule has 1 amide bonds. The van der Waals surface area contributed by atoms with Gasteiger partial charge in [-0.2, -0.15) is 17.0 Å². The maximum atomic E-state index is 13.0. The van der Waals surface area contributed by atoms with Crippen molar-refractivity contribution in [3.8, 4) is 11.5 Å². The summed E-state index contributed by atoms with van der Waals surface area (Å²) in [7, 11) is -0.440. The molecule has 31 heavy (non-hydrogen) atoms. The molecule has 3 rings (SSSR count). The van der Waals surface area contributed by atoms with Crippen molar-refractivity contribution < 1.29 is 27.4 Å². The first kappa shape index (κ1) is 23.7. The number of nitrogens with one attached hydrogen (secondary N) is 1. The lowest BCUT2D eigenvalue weighted by molar-refractivity contribution is -0.117. The van der Waals surface area contributed by atoms with Crippen LogP contribution in [0.15, 0.2) is 18.2 Å². The molecular weight excluding hydrogens is 424 g/mol. The number of ether oxygens (including phenoxy) is 3. The Bertz CT molecular complexity index is 840. The molecule has 2 aliphatic heterocycles. The van der Waals surface area contributed by atoms with Crippen LogP contribution in [0.2, 0.25) is 0 Å². The van der Waals surface area contributed by atoms with Gasteiger partial charge >= 0.3 is 0 Å². The van der Waals surface area contributed by atoms with Gasteiger partial charge in [0, 0.05) is 63.2 Å². The van der Waals surface area contributed by atoms with Crippen LogP contribution < -0.4 is 14.8 Å². The van der Waals surface area contributed by atoms with E-state index in [1.807, 2.05) is 18.7 Å². The normalized spacial score (nSPS) is 24.0. The number of benzene rings is 1. The van der Waals surface area contributed by atoms with Crippen molar-refractivity contribution in [1.29, 1.82) is 0 Å². The van der Waals surface area contributed by atoms with E-state index in [0.717, 1.165) is 0 Å². The van der Waals surface area contributed by atoms with Gasteiger partial charge in [-0.15, -0.1) is 0 Å². The number of hydrogen-bond acceptors (Lipinski definition) is 7. The molecule has 0 aromatic heterocycles. The van der Waals surface area contributed by atoms with Crippen LogP contribution >= 0.6 is 0 Å². The van der Waals surface area contributed by atoms with Crippen LogP contribution in [0.25, 0.3) is 0 Å². The third kappa shape index (κ3) is 6.07. The fraction of sp³-hybridized carbons (Fsp3) is 0.650. The van der Waals surface area contributed by atoms with Gasteiger partial charge in [0.2, 0.25) is 5.91 Å². The molecule has 2 heterocycles. The van der Waals surface area contributed by atoms with Gasteiger partial charge < -0.3 is 19.5 Å². The summed E-state index contributed by atoms with van der Waals surface area (Å²) < 4.78 is 45.1. The van der Waals surface area contributed by atoms with Crippen LogP contribution in [-0.2, 0) is 19.7 Å². The molecule has 2 aliphatic rings. The van der Waals surface area contributed by atoms with E-state index in [4.69, 9.17) is 14.2 Å². The highest BCUT2D eigenvalue weighted by molar-refractivity contribution is 7.86. The highest BCUT2D eigenvalue weighted by atomic mass is 32.2. The number of methoxy groups -OCH3 is 2. The van der Waals surface area contributed by atoms with Crippen LogP contribution in [-0.4, -0.2) is 100 Å². The fourth-order valence-corrected chi connectivity index (χ4v) is 5.63. The predicted molar refractivity (Wildman–Crippen MR) is 117 cm³/mol. The summed E-state index contributed by atoms with van der Waals surface area (Å²) in [6.07, 6.45) is -0.252. The average molecular weight is 457 g/mol. The summed E-state index contributed by atoms with van der Waals surface area (Å²) >= 11 is 0. The van der Waals surface area contributed by atoms with E-state index in [1.165, 1.54) is 8.61 Å². The van der Waals surface area contributed by atoms with Crippen molar-refractivity contribution in [3.05, 3.63) is 18.2 Å². The van der Waals surface area contributed by atoms with Gasteiger partial charge in [-0.25, -0.2) is 0 Å². The second-order valence-corrected chi connectivity index (χ2v) is 9.84. The Labute approximate surface area is 184 Å². The predicted octanol–water partition coefficient (Wildman–Crippen LogP) is 0.614. The van der Waals surface area contributed by atoms with Gasteiger partial charge in [-0.1, -0.05) is 0 Å². The Balaban J connectivity index is 1.52. The molecule has 10 nitrogen and oxygen atoms in total. The van der Waals surface area contributed by atoms with Gasteiger partial charge in [-0.05, 0) is 13.8 Å². The smallest absolute Gasteiger partial charge is 0.282 e. The number of nitrogens with zero attached hydrogens (tertiary/aromatic N) is 3. The molecule has 2 atom stereocenters. The minimum Gasteiger partial charge on any atom is -0.497 e. The molecule has 2 fully saturated rings. The fourth-order valence-electron chi connectivity index (χ4n) is 3.88. The Kier molecular flexibility index (Phi) is 7.76. The zero-order chi connectivity index (χ0) is 22.6. The second kappa shape index (κ2) is 10.1. The second-order valence-electron chi connectivity index (χ2n) is 7.91. The van der Waals surface area contributed by atoms with Crippen LogP contribution in [0.5, 0.6) is 11.5 Å². The van der Waals surface area contributed by atoms with Crippen molar-refractivity contribution in [3.63, 3.8) is 0 Å². The highest BCUT2D eigenvalue weighted by Gasteiger charge is 2.36. The first-order chi connectivity index (χ1) is 14.7. The Hall–Kier alpha value is -1.92. The number of carbonyl (C=O) groups excluding carboxylic acids is 1. The minimum absolute atomic E-state index is 0.126. The number of carbonyl (C=O) groups is 1. The summed E-state index contributed by atoms with van der Waals surface area (Å²) in [5.41, 5.74) is 0.581. The Morgan fingerprint density at radius 2 is 1.55 bits per heavy atom. The molecule has 1 N–H and O–H groups in total. The van der Waals surface area contributed by atoms with Gasteiger partial charge in [0.05, 0.1) is 33.0 Å². The molecule has 174 valence electrons. The van der Waals surface area contributed by atoms with E-state index < -0.39 is 10.2 Å². The van der Waals surface area contributed by atoms with Gasteiger partial charge in [-0.3, -0.25) is 9.69 Å². The lowest BCUT2D eigenvalue weighted by atomic mass is 10.2. The highest BCUT2D eigenvalue weighted by Crippen LogP contribution is 2.26. The van der Waals surface area contributed by atoms with Gasteiger partial charge in [0.15, 0.2) is 0 Å². The number of morpholine rings is 1. The Morgan fingerprint density at radius 3 is 2.06 bits per heavy atom. The van der Waals surface area contributed by atoms with E-state index in [0.29, 0.717) is 56.5 Å². The summed E-state index contributed by atoms with van der Waals surface area (Å²) in [4.78, 5) is 14.4. The Morgan fingerprint density at radius 1 is 1.00 bits per heavy atom. The van der Waals surface area contributed by atoms with E-state index in [9.17, 15) is 13.2 Å². The quantitative estimate of drug-likeness (QED) is 0.642. The summed E-state index contributed by atoms with van der Waals surface area (Å²) in [5.74, 6) is 0.989. The molecular formula is C20H32N4O6S. The van der Waals surface area contributed by atoms with Crippen LogP contribution in [0.3, 0.4) is 0 Å². The third-order valence-corrected chi connectivity index (χ3v) is 7.34. The molecule has 2 saturated heterocycles. The third-order valence-electron chi connectivity index (χ3n) is 5.37. The molecule has 0 radical (unpaired) electrons. The maximum absolute atomic E-state index is 13.0. The topological polar surface area (TPSA) is 101 Å². The molecule has 0 aliphatic carbocycles. The maximum Gasteiger partial charge on any atom is 0.282 e. The number of hydrogen-bond donors (Lipinski definition) is 1. The lowest BCUT2D eigenvalue weighted by Crippen LogP contribution is -2.57. The standard InChI is InChI=1S/C20H32N4O6S/c1-15-12-24(13-16(2)30-15)31(26,27)23-7-5-22(6-8-23)14-20(25)21-17-9-18(28-3)11-19(10-17)29-4/h9-11,15-16H,5-8,12-14H2,1-4H3,(H,21,25). The van der Waals surface area contributed by atoms with Crippen LogP contribution in [0.4, 0.5) is 5.69 Å². The first-order valence-electron chi connectivity index (χ1n) is 10.4. The number of amides is 1. The van der Waals surface area contributed by atoms with Gasteiger partial charge in [0.1, 0.15) is 11.5 Å². The van der Waals surface area contributed by atoms with Crippen molar-refractivity contribution in [2.45, 2.75) is 26.1 Å². The zero-order valence-electron chi connectivity index (χ0n) is 18.5. The van der Waals surface area contributed by atoms with Crippen molar-refractivity contribution in [2.24, 2.45) is 0 Å². The number of rotatable bonds is 7. The van der Waals surface area contributed by atoms with Crippen molar-refractivity contribution >= 4 is 21.8 Å². The number of piperazine rings is 1. The zero-order valence-corrected chi connectivity index (χ0v) is 19.4. The van der Waals surface area contributed by atoms with E-state index in [-0.39, 0.29) is 24.7 Å². The van der Waals surface area contributed by atoms with Crippen LogP contribution in [0.1, 0.15) is 13.8 Å². The summed E-state index contributed by atoms with van der Waals surface area (Å²) in [6, 6.07) is 5.16. The summed E-state index contributed by atoms with van der Waals surface area (Å²) in [5, 5.41) is 2.85.